The van der Waals surface area contributed by atoms with Crippen molar-refractivity contribution in [3.8, 4) is 0 Å². The van der Waals surface area contributed by atoms with Gasteiger partial charge in [-0.1, -0.05) is 36.4 Å². The maximum atomic E-state index is 12.2. The number of benzene rings is 2. The minimum absolute atomic E-state index is 0.0702. The first-order valence-electron chi connectivity index (χ1n) is 7.73. The van der Waals surface area contributed by atoms with Crippen LogP contribution in [0.5, 0.6) is 0 Å². The zero-order valence-corrected chi connectivity index (χ0v) is 13.8. The molecule has 3 N–H and O–H groups in total. The average molecular weight is 341 g/mol. The molecule has 7 nitrogen and oxygen atoms in total. The molecule has 0 saturated carbocycles. The molecule has 0 fully saturated rings. The van der Waals surface area contributed by atoms with Gasteiger partial charge in [0.15, 0.2) is 0 Å². The van der Waals surface area contributed by atoms with Crippen molar-refractivity contribution in [3.63, 3.8) is 0 Å². The molecule has 0 saturated heterocycles. The molecule has 0 aliphatic carbocycles. The normalized spacial score (nSPS) is 11.6. The van der Waals surface area contributed by atoms with E-state index < -0.39 is 22.8 Å². The largest absolute Gasteiger partial charge is 0.368 e. The fourth-order valence-corrected chi connectivity index (χ4v) is 2.49. The number of nitrogens with two attached hydrogens (primary N) is 1. The van der Waals surface area contributed by atoms with Gasteiger partial charge in [0.2, 0.25) is 11.8 Å². The van der Waals surface area contributed by atoms with E-state index in [4.69, 9.17) is 5.73 Å². The van der Waals surface area contributed by atoms with Crippen molar-refractivity contribution in [2.75, 3.05) is 0 Å². The number of primary amides is 1. The molecule has 0 spiro atoms. The molecular formula is C18H19N3O4. The molecule has 0 heterocycles. The van der Waals surface area contributed by atoms with Gasteiger partial charge in [0, 0.05) is 18.6 Å². The van der Waals surface area contributed by atoms with Crippen LogP contribution in [0.2, 0.25) is 0 Å². The molecule has 0 aromatic heterocycles. The van der Waals surface area contributed by atoms with Crippen LogP contribution in [0.25, 0.3) is 0 Å². The summed E-state index contributed by atoms with van der Waals surface area (Å²) in [5.74, 6) is -1.05. The van der Waals surface area contributed by atoms with Crippen molar-refractivity contribution < 1.29 is 14.5 Å². The molecule has 0 aliphatic heterocycles. The smallest absolute Gasteiger partial charge is 0.269 e. The number of aryl methyl sites for hydroxylation is 1. The van der Waals surface area contributed by atoms with E-state index in [0.717, 1.165) is 11.1 Å². The zero-order chi connectivity index (χ0) is 18.4. The Kier molecular flexibility index (Phi) is 5.84. The van der Waals surface area contributed by atoms with Crippen LogP contribution in [0.15, 0.2) is 48.5 Å². The molecule has 0 radical (unpaired) electrons. The van der Waals surface area contributed by atoms with Gasteiger partial charge in [0.1, 0.15) is 6.04 Å². The van der Waals surface area contributed by atoms with Crippen molar-refractivity contribution in [1.29, 1.82) is 0 Å². The average Bonchev–Trinajstić information content (AvgIpc) is 2.56. The molecule has 25 heavy (non-hydrogen) atoms. The summed E-state index contributed by atoms with van der Waals surface area (Å²) in [6.07, 6.45) is 0.224. The number of nitrogens with one attached hydrogen (secondary N) is 1. The van der Waals surface area contributed by atoms with Gasteiger partial charge < -0.3 is 11.1 Å². The number of hydrogen-bond acceptors (Lipinski definition) is 4. The van der Waals surface area contributed by atoms with Crippen molar-refractivity contribution in [1.82, 2.24) is 5.32 Å². The number of carbonyl (C=O) groups is 2. The van der Waals surface area contributed by atoms with Crippen LogP contribution in [0.4, 0.5) is 5.69 Å². The Morgan fingerprint density at radius 1 is 1.20 bits per heavy atom. The third-order valence-corrected chi connectivity index (χ3v) is 3.85. The van der Waals surface area contributed by atoms with Gasteiger partial charge in [-0.2, -0.15) is 0 Å². The maximum absolute atomic E-state index is 12.2. The van der Waals surface area contributed by atoms with E-state index in [1.54, 1.807) is 6.07 Å². The van der Waals surface area contributed by atoms with Gasteiger partial charge in [0.25, 0.3) is 5.69 Å². The minimum atomic E-state index is -0.840. The third kappa shape index (κ3) is 5.13. The highest BCUT2D eigenvalue weighted by molar-refractivity contribution is 5.87. The molecule has 0 unspecified atom stereocenters. The number of hydrogen-bond donors (Lipinski definition) is 2. The lowest BCUT2D eigenvalue weighted by molar-refractivity contribution is -0.384. The predicted octanol–water partition coefficient (Wildman–Crippen LogP) is 1.66. The summed E-state index contributed by atoms with van der Waals surface area (Å²) in [6.45, 7) is 1.91. The lowest BCUT2D eigenvalue weighted by Gasteiger charge is -2.17. The number of nitro groups is 1. The van der Waals surface area contributed by atoms with E-state index in [9.17, 15) is 19.7 Å². The van der Waals surface area contributed by atoms with Crippen molar-refractivity contribution >= 4 is 17.5 Å². The first-order chi connectivity index (χ1) is 11.9. The van der Waals surface area contributed by atoms with E-state index in [1.807, 2.05) is 31.2 Å². The molecular weight excluding hydrogens is 322 g/mol. The first kappa shape index (κ1) is 18.1. The number of carbonyl (C=O) groups excluding carboxylic acids is 2. The Hall–Kier alpha value is -3.22. The van der Waals surface area contributed by atoms with Crippen molar-refractivity contribution in [3.05, 3.63) is 75.3 Å². The predicted molar refractivity (Wildman–Crippen MR) is 92.8 cm³/mol. The molecule has 2 aromatic carbocycles. The van der Waals surface area contributed by atoms with Crippen molar-refractivity contribution in [2.45, 2.75) is 25.8 Å². The molecule has 2 rings (SSSR count). The summed E-state index contributed by atoms with van der Waals surface area (Å²) < 4.78 is 0. The topological polar surface area (TPSA) is 115 Å². The second-order valence-electron chi connectivity index (χ2n) is 5.76. The van der Waals surface area contributed by atoms with Crippen LogP contribution in [0, 0.1) is 17.0 Å². The molecule has 7 heteroatoms. The summed E-state index contributed by atoms with van der Waals surface area (Å²) in [5, 5.41) is 13.4. The SMILES string of the molecule is Cc1ccccc1C[C@@H](NC(=O)Cc1cccc([N+](=O)[O-])c1)C(N)=O. The van der Waals surface area contributed by atoms with Crippen LogP contribution >= 0.6 is 0 Å². The highest BCUT2D eigenvalue weighted by Gasteiger charge is 2.20. The quantitative estimate of drug-likeness (QED) is 0.588. The van der Waals surface area contributed by atoms with Crippen LogP contribution in [0.1, 0.15) is 16.7 Å². The van der Waals surface area contributed by atoms with E-state index in [1.165, 1.54) is 18.2 Å². The van der Waals surface area contributed by atoms with Gasteiger partial charge >= 0.3 is 0 Å². The van der Waals surface area contributed by atoms with E-state index in [-0.39, 0.29) is 12.1 Å². The van der Waals surface area contributed by atoms with Gasteiger partial charge in [-0.25, -0.2) is 0 Å². The molecule has 2 aromatic rings. The highest BCUT2D eigenvalue weighted by atomic mass is 16.6. The first-order valence-corrected chi connectivity index (χ1v) is 7.73. The second kappa shape index (κ2) is 8.05. The Balaban J connectivity index is 2.05. The van der Waals surface area contributed by atoms with Crippen LogP contribution in [0.3, 0.4) is 0 Å². The van der Waals surface area contributed by atoms with Gasteiger partial charge in [0.05, 0.1) is 11.3 Å². The van der Waals surface area contributed by atoms with Gasteiger partial charge in [-0.05, 0) is 23.6 Å². The Labute approximate surface area is 145 Å². The Bertz CT molecular complexity index is 804. The second-order valence-corrected chi connectivity index (χ2v) is 5.76. The van der Waals surface area contributed by atoms with Crippen molar-refractivity contribution in [2.24, 2.45) is 5.73 Å². The number of nitro benzene ring substituents is 1. The van der Waals surface area contributed by atoms with Crippen LogP contribution in [-0.2, 0) is 22.4 Å². The summed E-state index contributed by atoms with van der Waals surface area (Å²) in [6, 6.07) is 12.5. The maximum Gasteiger partial charge on any atom is 0.269 e. The summed E-state index contributed by atoms with van der Waals surface area (Å²) in [5.41, 5.74) is 7.72. The van der Waals surface area contributed by atoms with Crippen LogP contribution in [-0.4, -0.2) is 22.8 Å². The fourth-order valence-electron chi connectivity index (χ4n) is 2.49. The number of non-ortho nitro benzene ring substituents is 1. The number of amides is 2. The third-order valence-electron chi connectivity index (χ3n) is 3.85. The van der Waals surface area contributed by atoms with Crippen LogP contribution < -0.4 is 11.1 Å². The lowest BCUT2D eigenvalue weighted by Crippen LogP contribution is -2.46. The molecule has 1 atom stereocenters. The lowest BCUT2D eigenvalue weighted by atomic mass is 10.0. The monoisotopic (exact) mass is 341 g/mol. The Morgan fingerprint density at radius 2 is 1.92 bits per heavy atom. The summed E-state index contributed by atoms with van der Waals surface area (Å²) >= 11 is 0. The zero-order valence-electron chi connectivity index (χ0n) is 13.8. The van der Waals surface area contributed by atoms with E-state index in [0.29, 0.717) is 12.0 Å². The molecule has 0 aliphatic rings. The van der Waals surface area contributed by atoms with Gasteiger partial charge in [-0.3, -0.25) is 19.7 Å². The number of rotatable bonds is 7. The highest BCUT2D eigenvalue weighted by Crippen LogP contribution is 2.14. The summed E-state index contributed by atoms with van der Waals surface area (Å²) in [4.78, 5) is 34.1. The van der Waals surface area contributed by atoms with Gasteiger partial charge in [-0.15, -0.1) is 0 Å². The molecule has 2 amide bonds. The molecule has 130 valence electrons. The Morgan fingerprint density at radius 3 is 2.56 bits per heavy atom. The van der Waals surface area contributed by atoms with E-state index >= 15 is 0 Å². The van der Waals surface area contributed by atoms with E-state index in [2.05, 4.69) is 5.32 Å². The summed E-state index contributed by atoms with van der Waals surface area (Å²) in [7, 11) is 0. The minimum Gasteiger partial charge on any atom is -0.368 e. The standard InChI is InChI=1S/C18H19N3O4/c1-12-5-2-3-7-14(12)11-16(18(19)23)20-17(22)10-13-6-4-8-15(9-13)21(24)25/h2-9,16H,10-11H2,1H3,(H2,19,23)(H,20,22)/t16-/m1/s1. The number of nitrogens with zero attached hydrogens (tertiary/aromatic N) is 1. The fraction of sp³-hybridized carbons (Fsp3) is 0.222. The molecule has 0 bridgehead atoms.